The number of nitrogens with zero attached hydrogens (tertiary/aromatic N) is 1. The average Bonchev–Trinajstić information content (AvgIpc) is 2.67. The smallest absolute Gasteiger partial charge is 0.164 e. The van der Waals surface area contributed by atoms with Crippen LogP contribution in [-0.4, -0.2) is 17.3 Å². The molecule has 0 saturated carbocycles. The molecule has 0 fully saturated rings. The lowest BCUT2D eigenvalue weighted by Crippen LogP contribution is -2.25. The summed E-state index contributed by atoms with van der Waals surface area (Å²) < 4.78 is 13.0. The molecule has 0 saturated heterocycles. The van der Waals surface area contributed by atoms with Crippen LogP contribution in [0.15, 0.2) is 79.1 Å². The zero-order valence-corrected chi connectivity index (χ0v) is 16.2. The largest absolute Gasteiger partial charge is 0.306 e. The lowest BCUT2D eigenvalue weighted by Gasteiger charge is -2.19. The van der Waals surface area contributed by atoms with Crippen LogP contribution >= 0.6 is 24.8 Å². The van der Waals surface area contributed by atoms with Gasteiger partial charge in [0.1, 0.15) is 5.82 Å². The molecule has 1 atom stereocenters. The maximum absolute atomic E-state index is 13.0. The van der Waals surface area contributed by atoms with Crippen molar-refractivity contribution in [2.45, 2.75) is 12.5 Å². The summed E-state index contributed by atoms with van der Waals surface area (Å²) in [6.45, 7) is 0.526. The third-order valence-electron chi connectivity index (χ3n) is 4.04. The molecule has 3 aromatic rings. The monoisotopic (exact) mass is 406 g/mol. The van der Waals surface area contributed by atoms with E-state index in [2.05, 4.69) is 22.4 Å². The van der Waals surface area contributed by atoms with Crippen LogP contribution in [-0.2, 0) is 0 Å². The summed E-state index contributed by atoms with van der Waals surface area (Å²) in [5, 5.41) is 3.44. The van der Waals surface area contributed by atoms with Gasteiger partial charge in [-0.05, 0) is 47.5 Å². The fraction of sp³-hybridized carbons (Fsp3) is 0.143. The summed E-state index contributed by atoms with van der Waals surface area (Å²) in [5.41, 5.74) is 2.75. The third kappa shape index (κ3) is 6.43. The van der Waals surface area contributed by atoms with E-state index in [9.17, 15) is 9.18 Å². The number of carbonyl (C=O) groups is 1. The molecule has 142 valence electrons. The fourth-order valence-electron chi connectivity index (χ4n) is 2.74. The molecule has 0 aliphatic heterocycles. The van der Waals surface area contributed by atoms with Gasteiger partial charge < -0.3 is 5.32 Å². The Kier molecular flexibility index (Phi) is 9.65. The summed E-state index contributed by atoms with van der Waals surface area (Å²) in [6.07, 6.45) is 3.87. The molecule has 1 aromatic heterocycles. The zero-order valence-electron chi connectivity index (χ0n) is 14.5. The molecule has 0 aliphatic rings. The Morgan fingerprint density at radius 1 is 0.889 bits per heavy atom. The standard InChI is InChI=1S/C21H19FN2O.2ClH/c22-19-8-6-16(7-9-19)20(25)12-15-24-21(17-4-2-1-3-5-17)18-10-13-23-14-11-18;;/h1-11,13-14,21,24H,12,15H2;2*1H. The second-order valence-electron chi connectivity index (χ2n) is 5.76. The van der Waals surface area contributed by atoms with Crippen molar-refractivity contribution in [3.05, 3.63) is 102 Å². The Bertz CT molecular complexity index is 775. The summed E-state index contributed by atoms with van der Waals surface area (Å²) in [6, 6.07) is 19.7. The highest BCUT2D eigenvalue weighted by Gasteiger charge is 2.14. The molecular weight excluding hydrogens is 386 g/mol. The summed E-state index contributed by atoms with van der Waals surface area (Å²) in [5.74, 6) is -0.342. The zero-order chi connectivity index (χ0) is 17.5. The molecule has 0 aliphatic carbocycles. The van der Waals surface area contributed by atoms with Crippen molar-refractivity contribution in [2.24, 2.45) is 0 Å². The first-order valence-corrected chi connectivity index (χ1v) is 8.21. The van der Waals surface area contributed by atoms with Crippen molar-refractivity contribution < 1.29 is 9.18 Å². The second-order valence-corrected chi connectivity index (χ2v) is 5.76. The molecule has 3 nitrogen and oxygen atoms in total. The number of carbonyl (C=O) groups excluding carboxylic acids is 1. The van der Waals surface area contributed by atoms with Crippen LogP contribution in [0, 0.1) is 5.82 Å². The van der Waals surface area contributed by atoms with Crippen LogP contribution in [0.25, 0.3) is 0 Å². The van der Waals surface area contributed by atoms with Crippen LogP contribution in [0.3, 0.4) is 0 Å². The molecule has 2 aromatic carbocycles. The maximum atomic E-state index is 13.0. The fourth-order valence-corrected chi connectivity index (χ4v) is 2.74. The van der Waals surface area contributed by atoms with E-state index >= 15 is 0 Å². The van der Waals surface area contributed by atoms with Gasteiger partial charge in [-0.25, -0.2) is 4.39 Å². The normalized spacial score (nSPS) is 11.0. The minimum Gasteiger partial charge on any atom is -0.306 e. The first-order valence-electron chi connectivity index (χ1n) is 8.21. The van der Waals surface area contributed by atoms with Crippen LogP contribution < -0.4 is 5.32 Å². The van der Waals surface area contributed by atoms with E-state index in [1.54, 1.807) is 12.4 Å². The number of halogens is 3. The highest BCUT2D eigenvalue weighted by Crippen LogP contribution is 2.21. The average molecular weight is 407 g/mol. The topological polar surface area (TPSA) is 42.0 Å². The highest BCUT2D eigenvalue weighted by atomic mass is 35.5. The van der Waals surface area contributed by atoms with Gasteiger partial charge in [0.2, 0.25) is 0 Å². The second kappa shape index (κ2) is 11.4. The highest BCUT2D eigenvalue weighted by molar-refractivity contribution is 5.96. The van der Waals surface area contributed by atoms with E-state index in [4.69, 9.17) is 0 Å². The number of aromatic nitrogens is 1. The van der Waals surface area contributed by atoms with Crippen LogP contribution in [0.4, 0.5) is 4.39 Å². The van der Waals surface area contributed by atoms with Gasteiger partial charge in [0.25, 0.3) is 0 Å². The van der Waals surface area contributed by atoms with Gasteiger partial charge in [-0.3, -0.25) is 9.78 Å². The van der Waals surface area contributed by atoms with Gasteiger partial charge in [0.15, 0.2) is 5.78 Å². The van der Waals surface area contributed by atoms with Crippen molar-refractivity contribution in [2.75, 3.05) is 6.54 Å². The lowest BCUT2D eigenvalue weighted by atomic mass is 9.99. The molecule has 0 bridgehead atoms. The van der Waals surface area contributed by atoms with E-state index in [0.29, 0.717) is 18.5 Å². The minimum absolute atomic E-state index is 0. The first-order chi connectivity index (χ1) is 12.2. The van der Waals surface area contributed by atoms with Crippen molar-refractivity contribution >= 4 is 30.6 Å². The Balaban J connectivity index is 0.00000182. The Hall–Kier alpha value is -2.27. The van der Waals surface area contributed by atoms with E-state index in [-0.39, 0.29) is 42.5 Å². The Morgan fingerprint density at radius 2 is 1.48 bits per heavy atom. The molecule has 1 unspecified atom stereocenters. The number of rotatable bonds is 7. The van der Waals surface area contributed by atoms with Gasteiger partial charge >= 0.3 is 0 Å². The molecule has 3 rings (SSSR count). The van der Waals surface area contributed by atoms with Gasteiger partial charge in [-0.15, -0.1) is 24.8 Å². The number of nitrogens with one attached hydrogen (secondary N) is 1. The van der Waals surface area contributed by atoms with E-state index in [1.807, 2.05) is 30.3 Å². The van der Waals surface area contributed by atoms with Crippen molar-refractivity contribution in [1.82, 2.24) is 10.3 Å². The Morgan fingerprint density at radius 3 is 2.11 bits per heavy atom. The van der Waals surface area contributed by atoms with Gasteiger partial charge in [0, 0.05) is 30.9 Å². The Labute approximate surface area is 170 Å². The summed E-state index contributed by atoms with van der Waals surface area (Å²) >= 11 is 0. The lowest BCUT2D eigenvalue weighted by molar-refractivity contribution is 0.0982. The predicted octanol–water partition coefficient (Wildman–Crippen LogP) is 5.02. The molecule has 27 heavy (non-hydrogen) atoms. The van der Waals surface area contributed by atoms with E-state index < -0.39 is 0 Å². The first kappa shape index (κ1) is 22.8. The van der Waals surface area contributed by atoms with E-state index in [1.165, 1.54) is 24.3 Å². The number of ketones is 1. The number of pyridine rings is 1. The van der Waals surface area contributed by atoms with Gasteiger partial charge in [0.05, 0.1) is 6.04 Å². The number of benzene rings is 2. The molecule has 1 N–H and O–H groups in total. The van der Waals surface area contributed by atoms with E-state index in [0.717, 1.165) is 11.1 Å². The SMILES string of the molecule is Cl.Cl.O=C(CCNC(c1ccccc1)c1ccncc1)c1ccc(F)cc1. The molecule has 6 heteroatoms. The molecule has 1 heterocycles. The summed E-state index contributed by atoms with van der Waals surface area (Å²) in [4.78, 5) is 16.3. The van der Waals surface area contributed by atoms with Crippen LogP contribution in [0.5, 0.6) is 0 Å². The quantitative estimate of drug-likeness (QED) is 0.560. The van der Waals surface area contributed by atoms with Gasteiger partial charge in [-0.1, -0.05) is 30.3 Å². The van der Waals surface area contributed by atoms with Gasteiger partial charge in [-0.2, -0.15) is 0 Å². The van der Waals surface area contributed by atoms with Crippen LogP contribution in [0.2, 0.25) is 0 Å². The van der Waals surface area contributed by atoms with Crippen molar-refractivity contribution in [3.8, 4) is 0 Å². The predicted molar refractivity (Wildman–Crippen MR) is 110 cm³/mol. The minimum atomic E-state index is -0.337. The number of Topliss-reactive ketones (excluding diaryl/α,β-unsaturated/α-hetero) is 1. The molecule has 0 spiro atoms. The third-order valence-corrected chi connectivity index (χ3v) is 4.04. The molecule has 0 radical (unpaired) electrons. The van der Waals surface area contributed by atoms with Crippen molar-refractivity contribution in [1.29, 1.82) is 0 Å². The number of hydrogen-bond acceptors (Lipinski definition) is 3. The molecular formula is C21H21Cl2FN2O. The van der Waals surface area contributed by atoms with Crippen LogP contribution in [0.1, 0.15) is 33.9 Å². The maximum Gasteiger partial charge on any atom is 0.164 e. The number of hydrogen-bond donors (Lipinski definition) is 1. The summed E-state index contributed by atoms with van der Waals surface area (Å²) in [7, 11) is 0. The van der Waals surface area contributed by atoms with Crippen molar-refractivity contribution in [3.63, 3.8) is 0 Å². The molecule has 0 amide bonds.